The minimum atomic E-state index is -1.00. The van der Waals surface area contributed by atoms with E-state index in [1.165, 1.54) is 0 Å². The van der Waals surface area contributed by atoms with E-state index in [9.17, 15) is 24.0 Å². The number of amides is 4. The van der Waals surface area contributed by atoms with Crippen molar-refractivity contribution < 1.29 is 28.8 Å². The molecule has 4 N–H and O–H groups in total. The van der Waals surface area contributed by atoms with Crippen LogP contribution in [0.5, 0.6) is 0 Å². The number of hydroxylamine groups is 2. The number of nitrogens with two attached hydrogens (primary N) is 1. The molecule has 3 aliphatic rings. The predicted octanol–water partition coefficient (Wildman–Crippen LogP) is 0.634. The van der Waals surface area contributed by atoms with Crippen LogP contribution < -0.4 is 16.4 Å². The van der Waals surface area contributed by atoms with Crippen LogP contribution in [0.3, 0.4) is 0 Å². The lowest BCUT2D eigenvalue weighted by atomic mass is 9.93. The Kier molecular flexibility index (Phi) is 8.30. The second-order valence-corrected chi connectivity index (χ2v) is 9.44. The third-order valence-electron chi connectivity index (χ3n) is 5.91. The molecule has 0 unspecified atom stereocenters. The number of nitrogens with one attached hydrogen (secondary N) is 2. The van der Waals surface area contributed by atoms with Gasteiger partial charge in [0.25, 0.3) is 11.8 Å². The van der Waals surface area contributed by atoms with Gasteiger partial charge in [-0.3, -0.25) is 14.4 Å². The highest BCUT2D eigenvalue weighted by Crippen LogP contribution is 2.33. The fourth-order valence-electron chi connectivity index (χ4n) is 4.18. The number of ketones is 1. The molecule has 3 rings (SSSR count). The van der Waals surface area contributed by atoms with Crippen LogP contribution in [0, 0.1) is 5.92 Å². The monoisotopic (exact) mass is 454 g/mol. The molecule has 11 heteroatoms. The number of nitrogens with zero attached hydrogens (tertiary/aromatic N) is 1. The summed E-state index contributed by atoms with van der Waals surface area (Å²) >= 11 is 1.82. The zero-order valence-corrected chi connectivity index (χ0v) is 18.3. The largest absolute Gasteiger partial charge is 0.343 e. The van der Waals surface area contributed by atoms with Gasteiger partial charge in [0.1, 0.15) is 11.7 Å². The zero-order valence-electron chi connectivity index (χ0n) is 17.5. The van der Waals surface area contributed by atoms with E-state index in [4.69, 9.17) is 10.6 Å². The van der Waals surface area contributed by atoms with Crippen LogP contribution in [0.1, 0.15) is 57.8 Å². The topological polar surface area (TPSA) is 148 Å². The normalized spacial score (nSPS) is 25.9. The minimum absolute atomic E-state index is 0.00883. The molecule has 3 fully saturated rings. The molecule has 3 saturated heterocycles. The number of hydrogen-bond acceptors (Lipinski definition) is 8. The lowest BCUT2D eigenvalue weighted by Crippen LogP contribution is -2.37. The van der Waals surface area contributed by atoms with Gasteiger partial charge in [-0.05, 0) is 32.2 Å². The number of Topliss-reactive ketones (excluding diaryl/α,β-unsaturated/α-hetero) is 1. The number of urea groups is 1. The van der Waals surface area contributed by atoms with Crippen molar-refractivity contribution in [3.05, 3.63) is 0 Å². The van der Waals surface area contributed by atoms with E-state index >= 15 is 0 Å². The van der Waals surface area contributed by atoms with E-state index in [1.54, 1.807) is 0 Å². The van der Waals surface area contributed by atoms with Gasteiger partial charge in [-0.1, -0.05) is 12.8 Å². The molecule has 0 aromatic rings. The maximum atomic E-state index is 12.7. The number of thioether (sulfide) groups is 1. The maximum Gasteiger partial charge on any atom is 0.343 e. The number of carbonyl (C=O) groups excluding carboxylic acids is 5. The average molecular weight is 455 g/mol. The van der Waals surface area contributed by atoms with E-state index < -0.39 is 23.7 Å². The van der Waals surface area contributed by atoms with Crippen LogP contribution in [-0.4, -0.2) is 64.3 Å². The molecule has 3 aliphatic heterocycles. The molecule has 10 nitrogen and oxygen atoms in total. The van der Waals surface area contributed by atoms with Crippen molar-refractivity contribution in [3.63, 3.8) is 0 Å². The average Bonchev–Trinajstić information content (AvgIpc) is 3.38. The van der Waals surface area contributed by atoms with Gasteiger partial charge >= 0.3 is 12.0 Å². The summed E-state index contributed by atoms with van der Waals surface area (Å²) in [5.74, 6) is -2.33. The van der Waals surface area contributed by atoms with Crippen molar-refractivity contribution in [3.8, 4) is 0 Å². The summed E-state index contributed by atoms with van der Waals surface area (Å²) < 4.78 is 0. The van der Waals surface area contributed by atoms with Gasteiger partial charge in [0.2, 0.25) is 0 Å². The first-order valence-electron chi connectivity index (χ1n) is 10.9. The van der Waals surface area contributed by atoms with E-state index in [0.717, 1.165) is 18.6 Å². The number of carbonyl (C=O) groups is 5. The van der Waals surface area contributed by atoms with Gasteiger partial charge < -0.3 is 21.2 Å². The molecule has 0 aromatic heterocycles. The van der Waals surface area contributed by atoms with Crippen LogP contribution in [0.4, 0.5) is 4.79 Å². The summed E-state index contributed by atoms with van der Waals surface area (Å²) in [6.07, 6.45) is 4.07. The van der Waals surface area contributed by atoms with Gasteiger partial charge in [-0.25, -0.2) is 9.59 Å². The first-order chi connectivity index (χ1) is 14.9. The highest BCUT2D eigenvalue weighted by Gasteiger charge is 2.42. The first kappa shape index (κ1) is 23.5. The Morgan fingerprint density at radius 1 is 1.10 bits per heavy atom. The molecule has 0 aromatic carbocycles. The van der Waals surface area contributed by atoms with E-state index in [0.29, 0.717) is 36.1 Å². The van der Waals surface area contributed by atoms with Crippen molar-refractivity contribution in [1.82, 2.24) is 15.7 Å². The first-order valence-corrected chi connectivity index (χ1v) is 11.9. The van der Waals surface area contributed by atoms with Crippen LogP contribution in [0.15, 0.2) is 0 Å². The Hall–Kier alpha value is -2.14. The number of fused-ring (bicyclic) bond motifs is 1. The molecule has 31 heavy (non-hydrogen) atoms. The molecule has 0 bridgehead atoms. The fourth-order valence-corrected chi connectivity index (χ4v) is 5.72. The fraction of sp³-hybridized carbons (Fsp3) is 0.750. The molecular weight excluding hydrogens is 424 g/mol. The highest BCUT2D eigenvalue weighted by atomic mass is 32.2. The number of rotatable bonds is 12. The van der Waals surface area contributed by atoms with Gasteiger partial charge in [0, 0.05) is 30.3 Å². The van der Waals surface area contributed by atoms with Crippen LogP contribution in [0.2, 0.25) is 0 Å². The summed E-state index contributed by atoms with van der Waals surface area (Å²) in [4.78, 5) is 65.1. The molecule has 0 spiro atoms. The molecule has 0 aliphatic carbocycles. The summed E-state index contributed by atoms with van der Waals surface area (Å²) in [5.41, 5.74) is 5.51. The molecule has 172 valence electrons. The molecule has 3 heterocycles. The Balaban J connectivity index is 1.46. The third kappa shape index (κ3) is 5.97. The molecule has 4 atom stereocenters. The summed E-state index contributed by atoms with van der Waals surface area (Å²) in [5, 5.41) is 6.66. The Morgan fingerprint density at radius 2 is 1.84 bits per heavy atom. The Morgan fingerprint density at radius 3 is 2.55 bits per heavy atom. The predicted molar refractivity (Wildman–Crippen MR) is 113 cm³/mol. The second kappa shape index (κ2) is 10.9. The van der Waals surface area contributed by atoms with Crippen molar-refractivity contribution >= 4 is 41.4 Å². The number of hydrogen-bond donors (Lipinski definition) is 3. The van der Waals surface area contributed by atoms with Gasteiger partial charge in [0.05, 0.1) is 12.1 Å². The van der Waals surface area contributed by atoms with Crippen molar-refractivity contribution in [2.75, 3.05) is 12.3 Å². The lowest BCUT2D eigenvalue weighted by molar-refractivity contribution is -0.201. The smallest absolute Gasteiger partial charge is 0.332 e. The molecular formula is C20H30N4O6S. The molecule has 0 saturated carbocycles. The van der Waals surface area contributed by atoms with Crippen LogP contribution in [-0.2, 0) is 24.0 Å². The van der Waals surface area contributed by atoms with Crippen LogP contribution in [0.25, 0.3) is 0 Å². The highest BCUT2D eigenvalue weighted by molar-refractivity contribution is 8.00. The zero-order chi connectivity index (χ0) is 22.4. The summed E-state index contributed by atoms with van der Waals surface area (Å²) in [6, 6.07) is 0.175. The maximum absolute atomic E-state index is 12.7. The van der Waals surface area contributed by atoms with Gasteiger partial charge in [-0.15, -0.1) is 5.06 Å². The van der Waals surface area contributed by atoms with Crippen molar-refractivity contribution in [2.24, 2.45) is 11.7 Å². The SMILES string of the molecule is NCCCC[C@@H](C(=O)CCCC[C@@H]1SC[C@@H]2NC(=O)N[C@@H]21)C(=O)ON1C(=O)CCC1=O. The second-order valence-electron chi connectivity index (χ2n) is 8.16. The number of imide groups is 1. The Bertz CT molecular complexity index is 716. The lowest BCUT2D eigenvalue weighted by Gasteiger charge is -2.19. The van der Waals surface area contributed by atoms with E-state index in [1.807, 2.05) is 11.8 Å². The quantitative estimate of drug-likeness (QED) is 0.168. The minimum Gasteiger partial charge on any atom is -0.332 e. The summed E-state index contributed by atoms with van der Waals surface area (Å²) in [7, 11) is 0. The van der Waals surface area contributed by atoms with Crippen LogP contribution >= 0.6 is 11.8 Å². The molecule has 4 amide bonds. The van der Waals surface area contributed by atoms with E-state index in [2.05, 4.69) is 10.6 Å². The summed E-state index contributed by atoms with van der Waals surface area (Å²) in [6.45, 7) is 0.450. The van der Waals surface area contributed by atoms with Crippen molar-refractivity contribution in [2.45, 2.75) is 75.1 Å². The van der Waals surface area contributed by atoms with Crippen molar-refractivity contribution in [1.29, 1.82) is 0 Å². The van der Waals surface area contributed by atoms with Gasteiger partial charge in [0.15, 0.2) is 0 Å². The third-order valence-corrected chi connectivity index (χ3v) is 7.42. The Labute approximate surface area is 185 Å². The number of unbranched alkanes of at least 4 members (excludes halogenated alkanes) is 2. The van der Waals surface area contributed by atoms with E-state index in [-0.39, 0.29) is 49.6 Å². The standard InChI is InChI=1S/C20H30N4O6S/c21-10-4-3-5-12(19(28)30-24-16(26)8-9-17(24)27)14(25)6-1-2-7-15-18-13(11-31-15)22-20(29)23-18/h12-13,15,18H,1-11,21H2,(H2,22,23,29)/t12-,13-,15-,18-/m0/s1. The molecule has 0 radical (unpaired) electrons. The van der Waals surface area contributed by atoms with Gasteiger partial charge in [-0.2, -0.15) is 11.8 Å².